The van der Waals surface area contributed by atoms with Gasteiger partial charge in [-0.2, -0.15) is 0 Å². The van der Waals surface area contributed by atoms with Crippen LogP contribution in [0.4, 0.5) is 0 Å². The number of hydrogen-bond acceptors (Lipinski definition) is 3. The van der Waals surface area contributed by atoms with Crippen molar-refractivity contribution in [3.8, 4) is 0 Å². The van der Waals surface area contributed by atoms with E-state index >= 15 is 0 Å². The topological polar surface area (TPSA) is 43.4 Å². The molecule has 0 saturated heterocycles. The number of allylic oxidation sites excluding steroid dienone is 1. The van der Waals surface area contributed by atoms with E-state index in [1.807, 2.05) is 0 Å². The normalized spacial score (nSPS) is 10.7. The Morgan fingerprint density at radius 2 is 1.42 bits per heavy atom. The van der Waals surface area contributed by atoms with E-state index in [0.29, 0.717) is 30.4 Å². The van der Waals surface area contributed by atoms with E-state index in [2.05, 4.69) is 27.7 Å². The summed E-state index contributed by atoms with van der Waals surface area (Å²) >= 11 is 0. The molecule has 0 aromatic carbocycles. The highest BCUT2D eigenvalue weighted by molar-refractivity contribution is 6.17. The van der Waals surface area contributed by atoms with Crippen LogP contribution in [0.1, 0.15) is 60.8 Å². The fourth-order valence-corrected chi connectivity index (χ4v) is 2.11. The van der Waals surface area contributed by atoms with Crippen LogP contribution < -0.4 is 0 Å². The van der Waals surface area contributed by atoms with Gasteiger partial charge >= 0.3 is 5.97 Å². The van der Waals surface area contributed by atoms with Gasteiger partial charge in [0.05, 0.1) is 6.61 Å². The summed E-state index contributed by atoms with van der Waals surface area (Å²) in [6.07, 6.45) is 1.89. The Balaban J connectivity index is 5.52. The Bertz CT molecular complexity index is 326. The third-order valence-corrected chi connectivity index (χ3v) is 2.74. The molecule has 0 rings (SSSR count). The maximum Gasteiger partial charge on any atom is 0.341 e. The van der Waals surface area contributed by atoms with Crippen molar-refractivity contribution in [1.82, 2.24) is 0 Å². The maximum absolute atomic E-state index is 12.1. The Labute approximate surface area is 117 Å². The molecule has 0 amide bonds. The average Bonchev–Trinajstić information content (AvgIpc) is 2.27. The molecule has 0 radical (unpaired) electrons. The molecule has 0 aliphatic rings. The third kappa shape index (κ3) is 6.55. The van der Waals surface area contributed by atoms with Crippen molar-refractivity contribution in [2.24, 2.45) is 11.8 Å². The van der Waals surface area contributed by atoms with Crippen molar-refractivity contribution in [2.45, 2.75) is 60.8 Å². The van der Waals surface area contributed by atoms with Gasteiger partial charge in [-0.05, 0) is 31.6 Å². The van der Waals surface area contributed by atoms with Crippen LogP contribution in [0.15, 0.2) is 11.1 Å². The van der Waals surface area contributed by atoms with E-state index in [1.165, 1.54) is 0 Å². The second-order valence-corrected chi connectivity index (χ2v) is 5.67. The molecule has 0 aromatic heterocycles. The molecule has 0 bridgehead atoms. The van der Waals surface area contributed by atoms with Crippen LogP contribution in [0, 0.1) is 11.8 Å². The minimum absolute atomic E-state index is 0.102. The van der Waals surface area contributed by atoms with Gasteiger partial charge in [0.15, 0.2) is 5.78 Å². The molecular weight excluding hydrogens is 240 g/mol. The van der Waals surface area contributed by atoms with Crippen LogP contribution in [-0.2, 0) is 14.3 Å². The fraction of sp³-hybridized carbons (Fsp3) is 0.750. The molecular formula is C16H28O3. The Kier molecular flexibility index (Phi) is 8.37. The first-order valence-electron chi connectivity index (χ1n) is 7.25. The number of Topliss-reactive ketones (excluding diaryl/α,β-unsaturated/α-hetero) is 1. The number of rotatable bonds is 8. The predicted molar refractivity (Wildman–Crippen MR) is 77.9 cm³/mol. The van der Waals surface area contributed by atoms with E-state index in [9.17, 15) is 9.59 Å². The van der Waals surface area contributed by atoms with Gasteiger partial charge in [-0.15, -0.1) is 0 Å². The monoisotopic (exact) mass is 268 g/mol. The average molecular weight is 268 g/mol. The number of hydrogen-bond donors (Lipinski definition) is 0. The van der Waals surface area contributed by atoms with Crippen molar-refractivity contribution >= 4 is 11.8 Å². The molecule has 0 heterocycles. The molecule has 0 unspecified atom stereocenters. The summed E-state index contributed by atoms with van der Waals surface area (Å²) in [7, 11) is 0. The van der Waals surface area contributed by atoms with Gasteiger partial charge in [0.2, 0.25) is 0 Å². The lowest BCUT2D eigenvalue weighted by molar-refractivity contribution is -0.140. The second kappa shape index (κ2) is 8.89. The Morgan fingerprint density at radius 3 is 1.74 bits per heavy atom. The predicted octanol–water partition coefficient (Wildman–Crippen LogP) is 3.92. The lowest BCUT2D eigenvalue weighted by Gasteiger charge is -2.17. The highest BCUT2D eigenvalue weighted by atomic mass is 16.5. The van der Waals surface area contributed by atoms with Crippen molar-refractivity contribution < 1.29 is 14.3 Å². The van der Waals surface area contributed by atoms with E-state index in [-0.39, 0.29) is 5.78 Å². The summed E-state index contributed by atoms with van der Waals surface area (Å²) in [4.78, 5) is 24.1. The van der Waals surface area contributed by atoms with Crippen LogP contribution in [0.5, 0.6) is 0 Å². The van der Waals surface area contributed by atoms with Crippen LogP contribution in [0.3, 0.4) is 0 Å². The van der Waals surface area contributed by atoms with Crippen LogP contribution >= 0.6 is 0 Å². The number of carbonyl (C=O) groups excluding carboxylic acids is 2. The highest BCUT2D eigenvalue weighted by Crippen LogP contribution is 2.24. The van der Waals surface area contributed by atoms with Gasteiger partial charge in [0.25, 0.3) is 0 Å². The van der Waals surface area contributed by atoms with Crippen molar-refractivity contribution in [1.29, 1.82) is 0 Å². The van der Waals surface area contributed by atoms with E-state index in [1.54, 1.807) is 13.8 Å². The quantitative estimate of drug-likeness (QED) is 0.290. The molecule has 19 heavy (non-hydrogen) atoms. The summed E-state index contributed by atoms with van der Waals surface area (Å²) < 4.78 is 5.05. The molecule has 0 aliphatic heterocycles. The zero-order valence-corrected chi connectivity index (χ0v) is 13.2. The smallest absolute Gasteiger partial charge is 0.341 e. The molecule has 0 aliphatic carbocycles. The van der Waals surface area contributed by atoms with E-state index in [0.717, 1.165) is 18.4 Å². The minimum Gasteiger partial charge on any atom is -0.462 e. The lowest BCUT2D eigenvalue weighted by atomic mass is 9.89. The zero-order valence-electron chi connectivity index (χ0n) is 13.2. The van der Waals surface area contributed by atoms with Crippen molar-refractivity contribution in [3.63, 3.8) is 0 Å². The molecule has 3 nitrogen and oxygen atoms in total. The van der Waals surface area contributed by atoms with Crippen LogP contribution in [-0.4, -0.2) is 18.4 Å². The first kappa shape index (κ1) is 17.9. The second-order valence-electron chi connectivity index (χ2n) is 5.67. The largest absolute Gasteiger partial charge is 0.462 e. The summed E-state index contributed by atoms with van der Waals surface area (Å²) in [6.45, 7) is 12.2. The molecule has 3 heteroatoms. The summed E-state index contributed by atoms with van der Waals surface area (Å²) in [5, 5.41) is 0. The Hall–Kier alpha value is -1.12. The van der Waals surface area contributed by atoms with Gasteiger partial charge in [-0.3, -0.25) is 4.79 Å². The van der Waals surface area contributed by atoms with Crippen molar-refractivity contribution in [3.05, 3.63) is 11.1 Å². The summed E-state index contributed by atoms with van der Waals surface area (Å²) in [5.74, 6) is 0.283. The number of carbonyl (C=O) groups is 2. The zero-order chi connectivity index (χ0) is 15.0. The van der Waals surface area contributed by atoms with E-state index < -0.39 is 5.97 Å². The SMILES string of the molecule is CCOC(=O)C(C(=O)CC)=C(CC(C)C)CC(C)C. The van der Waals surface area contributed by atoms with Gasteiger partial charge in [-0.25, -0.2) is 4.79 Å². The fourth-order valence-electron chi connectivity index (χ4n) is 2.11. The Morgan fingerprint density at radius 1 is 0.947 bits per heavy atom. The molecule has 0 fully saturated rings. The van der Waals surface area contributed by atoms with Gasteiger partial charge in [-0.1, -0.05) is 40.2 Å². The first-order valence-corrected chi connectivity index (χ1v) is 7.25. The highest BCUT2D eigenvalue weighted by Gasteiger charge is 2.23. The van der Waals surface area contributed by atoms with E-state index in [4.69, 9.17) is 4.74 Å². The number of ether oxygens (including phenoxy) is 1. The van der Waals surface area contributed by atoms with Gasteiger partial charge < -0.3 is 4.74 Å². The molecule has 0 spiro atoms. The van der Waals surface area contributed by atoms with Gasteiger partial charge in [0, 0.05) is 6.42 Å². The molecule has 0 saturated carbocycles. The molecule has 0 N–H and O–H groups in total. The molecule has 0 atom stereocenters. The third-order valence-electron chi connectivity index (χ3n) is 2.74. The lowest BCUT2D eigenvalue weighted by Crippen LogP contribution is -2.19. The van der Waals surface area contributed by atoms with Crippen LogP contribution in [0.2, 0.25) is 0 Å². The maximum atomic E-state index is 12.1. The van der Waals surface area contributed by atoms with Crippen molar-refractivity contribution in [2.75, 3.05) is 6.61 Å². The molecule has 110 valence electrons. The van der Waals surface area contributed by atoms with Gasteiger partial charge in [0.1, 0.15) is 5.57 Å². The minimum atomic E-state index is -0.453. The standard InChI is InChI=1S/C16H28O3/c1-7-14(17)15(16(18)19-8-2)13(9-11(3)4)10-12(5)6/h11-12H,7-10H2,1-6H3. The van der Waals surface area contributed by atoms with Crippen LogP contribution in [0.25, 0.3) is 0 Å². The first-order chi connectivity index (χ1) is 8.83. The molecule has 0 aromatic rings. The number of esters is 1. The summed E-state index contributed by atoms with van der Waals surface area (Å²) in [5.41, 5.74) is 1.25. The summed E-state index contributed by atoms with van der Waals surface area (Å²) in [6, 6.07) is 0. The number of ketones is 1.